The number of nitrogens with one attached hydrogen (secondary N) is 1. The zero-order valence-electron chi connectivity index (χ0n) is 10.5. The number of benzene rings is 1. The molecule has 0 radical (unpaired) electrons. The van der Waals surface area contributed by atoms with Crippen molar-refractivity contribution in [1.82, 2.24) is 5.32 Å². The third-order valence-electron chi connectivity index (χ3n) is 3.46. The normalized spacial score (nSPS) is 20.3. The van der Waals surface area contributed by atoms with Gasteiger partial charge < -0.3 is 14.5 Å². The van der Waals surface area contributed by atoms with Crippen LogP contribution < -0.4 is 5.32 Å². The average Bonchev–Trinajstić information content (AvgIpc) is 2.82. The highest BCUT2D eigenvalue weighted by atomic mass is 16.5. The van der Waals surface area contributed by atoms with E-state index in [0.29, 0.717) is 5.92 Å². The van der Waals surface area contributed by atoms with Crippen molar-refractivity contribution in [2.75, 3.05) is 19.8 Å². The first kappa shape index (κ1) is 11.8. The van der Waals surface area contributed by atoms with Crippen LogP contribution in [0.1, 0.15) is 18.6 Å². The molecule has 1 aliphatic heterocycles. The lowest BCUT2D eigenvalue weighted by atomic mass is 10.0. The van der Waals surface area contributed by atoms with Crippen LogP contribution in [-0.2, 0) is 11.3 Å². The van der Waals surface area contributed by atoms with Gasteiger partial charge in [-0.3, -0.25) is 0 Å². The van der Waals surface area contributed by atoms with Crippen LogP contribution in [0.25, 0.3) is 11.0 Å². The maximum atomic E-state index is 5.76. The molecule has 0 saturated carbocycles. The number of hydrogen-bond donors (Lipinski definition) is 1. The Morgan fingerprint density at radius 3 is 3.06 bits per heavy atom. The molecule has 96 valence electrons. The molecule has 1 N–H and O–H groups in total. The molecule has 1 aromatic carbocycles. The van der Waals surface area contributed by atoms with Crippen molar-refractivity contribution in [2.24, 2.45) is 5.92 Å². The number of fused-ring (bicyclic) bond motifs is 1. The van der Waals surface area contributed by atoms with Gasteiger partial charge in [-0.05, 0) is 30.9 Å². The van der Waals surface area contributed by atoms with Gasteiger partial charge in [-0.1, -0.05) is 18.2 Å². The molecule has 1 aromatic heterocycles. The predicted molar refractivity (Wildman–Crippen MR) is 71.5 cm³/mol. The van der Waals surface area contributed by atoms with E-state index in [9.17, 15) is 0 Å². The Kier molecular flexibility index (Phi) is 3.62. The maximum absolute atomic E-state index is 5.76. The lowest BCUT2D eigenvalue weighted by Crippen LogP contribution is -2.28. The van der Waals surface area contributed by atoms with Crippen LogP contribution in [-0.4, -0.2) is 19.8 Å². The minimum absolute atomic E-state index is 0.656. The monoisotopic (exact) mass is 245 g/mol. The van der Waals surface area contributed by atoms with E-state index in [1.807, 2.05) is 18.2 Å². The molecule has 1 unspecified atom stereocenters. The summed E-state index contributed by atoms with van der Waals surface area (Å²) in [5, 5.41) is 4.63. The molecule has 3 heteroatoms. The number of para-hydroxylation sites is 1. The Labute approximate surface area is 107 Å². The molecular formula is C15H19NO2. The maximum Gasteiger partial charge on any atom is 0.134 e. The van der Waals surface area contributed by atoms with Gasteiger partial charge in [-0.2, -0.15) is 0 Å². The molecular weight excluding hydrogens is 226 g/mol. The van der Waals surface area contributed by atoms with E-state index >= 15 is 0 Å². The van der Waals surface area contributed by atoms with Crippen LogP contribution in [0.5, 0.6) is 0 Å². The second kappa shape index (κ2) is 5.55. The van der Waals surface area contributed by atoms with Crippen LogP contribution >= 0.6 is 0 Å². The summed E-state index contributed by atoms with van der Waals surface area (Å²) in [6.45, 7) is 3.63. The van der Waals surface area contributed by atoms with Gasteiger partial charge in [0.15, 0.2) is 0 Å². The molecule has 3 nitrogen and oxygen atoms in total. The Balaban J connectivity index is 1.53. The molecule has 0 amide bonds. The molecule has 0 spiro atoms. The van der Waals surface area contributed by atoms with Crippen LogP contribution in [0, 0.1) is 5.92 Å². The van der Waals surface area contributed by atoms with Crippen molar-refractivity contribution >= 4 is 11.0 Å². The van der Waals surface area contributed by atoms with Crippen molar-refractivity contribution in [2.45, 2.75) is 19.4 Å². The smallest absolute Gasteiger partial charge is 0.134 e. The molecule has 3 rings (SSSR count). The first-order chi connectivity index (χ1) is 8.92. The highest BCUT2D eigenvalue weighted by Gasteiger charge is 2.13. The van der Waals surface area contributed by atoms with Crippen LogP contribution in [0.3, 0.4) is 0 Å². The van der Waals surface area contributed by atoms with E-state index in [2.05, 4.69) is 17.4 Å². The second-order valence-corrected chi connectivity index (χ2v) is 4.96. The standard InChI is InChI=1S/C15H19NO2/c1-2-6-15-13(5-1)8-14(18-15)10-16-9-12-4-3-7-17-11-12/h1-2,5-6,8,12,16H,3-4,7,9-11H2. The number of ether oxygens (including phenoxy) is 1. The zero-order valence-corrected chi connectivity index (χ0v) is 10.5. The van der Waals surface area contributed by atoms with Crippen LogP contribution in [0.4, 0.5) is 0 Å². The fraction of sp³-hybridized carbons (Fsp3) is 0.467. The fourth-order valence-corrected chi connectivity index (χ4v) is 2.49. The zero-order chi connectivity index (χ0) is 12.2. The Morgan fingerprint density at radius 1 is 1.28 bits per heavy atom. The SMILES string of the molecule is c1ccc2oc(CNCC3CCCOC3)cc2c1. The molecule has 1 aliphatic rings. The van der Waals surface area contributed by atoms with E-state index in [1.54, 1.807) is 0 Å². The van der Waals surface area contributed by atoms with Gasteiger partial charge in [0.05, 0.1) is 13.2 Å². The minimum Gasteiger partial charge on any atom is -0.460 e. The highest BCUT2D eigenvalue weighted by molar-refractivity contribution is 5.77. The summed E-state index contributed by atoms with van der Waals surface area (Å²) in [6, 6.07) is 10.2. The van der Waals surface area contributed by atoms with Crippen LogP contribution in [0.15, 0.2) is 34.7 Å². The molecule has 1 fully saturated rings. The lowest BCUT2D eigenvalue weighted by Gasteiger charge is -2.21. The summed E-state index contributed by atoms with van der Waals surface area (Å²) < 4.78 is 11.2. The van der Waals surface area contributed by atoms with Crippen molar-refractivity contribution < 1.29 is 9.15 Å². The summed E-state index contributed by atoms with van der Waals surface area (Å²) in [5.74, 6) is 1.66. The van der Waals surface area contributed by atoms with Crippen molar-refractivity contribution in [3.8, 4) is 0 Å². The summed E-state index contributed by atoms with van der Waals surface area (Å²) in [7, 11) is 0. The largest absolute Gasteiger partial charge is 0.460 e. The Morgan fingerprint density at radius 2 is 2.22 bits per heavy atom. The van der Waals surface area contributed by atoms with Crippen molar-refractivity contribution in [3.05, 3.63) is 36.1 Å². The second-order valence-electron chi connectivity index (χ2n) is 4.96. The average molecular weight is 245 g/mol. The summed E-state index contributed by atoms with van der Waals surface area (Å²) in [4.78, 5) is 0. The van der Waals surface area contributed by atoms with Gasteiger partial charge >= 0.3 is 0 Å². The van der Waals surface area contributed by atoms with Crippen molar-refractivity contribution in [1.29, 1.82) is 0 Å². The number of hydrogen-bond acceptors (Lipinski definition) is 3. The van der Waals surface area contributed by atoms with E-state index < -0.39 is 0 Å². The highest BCUT2D eigenvalue weighted by Crippen LogP contribution is 2.19. The van der Waals surface area contributed by atoms with E-state index in [-0.39, 0.29) is 0 Å². The fourth-order valence-electron chi connectivity index (χ4n) is 2.49. The first-order valence-corrected chi connectivity index (χ1v) is 6.68. The van der Waals surface area contributed by atoms with E-state index in [0.717, 1.165) is 37.6 Å². The quantitative estimate of drug-likeness (QED) is 0.899. The third kappa shape index (κ3) is 2.74. The van der Waals surface area contributed by atoms with E-state index in [4.69, 9.17) is 9.15 Å². The van der Waals surface area contributed by atoms with Crippen molar-refractivity contribution in [3.63, 3.8) is 0 Å². The minimum atomic E-state index is 0.656. The molecule has 2 heterocycles. The summed E-state index contributed by atoms with van der Waals surface area (Å²) in [5.41, 5.74) is 0.968. The number of furan rings is 1. The van der Waals surface area contributed by atoms with Gasteiger partial charge in [0.2, 0.25) is 0 Å². The molecule has 18 heavy (non-hydrogen) atoms. The van der Waals surface area contributed by atoms with Gasteiger partial charge in [0.1, 0.15) is 11.3 Å². The Bertz CT molecular complexity index is 467. The lowest BCUT2D eigenvalue weighted by molar-refractivity contribution is 0.0546. The third-order valence-corrected chi connectivity index (χ3v) is 3.46. The van der Waals surface area contributed by atoms with Crippen LogP contribution in [0.2, 0.25) is 0 Å². The summed E-state index contributed by atoms with van der Waals surface area (Å²) in [6.07, 6.45) is 2.46. The van der Waals surface area contributed by atoms with Gasteiger partial charge in [-0.25, -0.2) is 0 Å². The molecule has 2 aromatic rings. The van der Waals surface area contributed by atoms with Gasteiger partial charge in [0, 0.05) is 18.5 Å². The molecule has 1 atom stereocenters. The summed E-state index contributed by atoms with van der Waals surface area (Å²) >= 11 is 0. The Hall–Kier alpha value is -1.32. The van der Waals surface area contributed by atoms with Gasteiger partial charge in [-0.15, -0.1) is 0 Å². The molecule has 0 aliphatic carbocycles. The first-order valence-electron chi connectivity index (χ1n) is 6.68. The van der Waals surface area contributed by atoms with Gasteiger partial charge in [0.25, 0.3) is 0 Å². The molecule has 1 saturated heterocycles. The molecule has 0 bridgehead atoms. The number of rotatable bonds is 4. The topological polar surface area (TPSA) is 34.4 Å². The van der Waals surface area contributed by atoms with E-state index in [1.165, 1.54) is 18.2 Å². The predicted octanol–water partition coefficient (Wildman–Crippen LogP) is 2.95.